The molecule has 1 aliphatic carbocycles. The number of nitrogens with zero attached hydrogens (tertiary/aromatic N) is 5. The van der Waals surface area contributed by atoms with Crippen LogP contribution in [-0.4, -0.2) is 70.5 Å². The number of nitrogens with two attached hydrogens (primary N) is 1. The van der Waals surface area contributed by atoms with Crippen molar-refractivity contribution in [2.24, 2.45) is 0 Å². The summed E-state index contributed by atoms with van der Waals surface area (Å²) < 4.78 is 15.0. The van der Waals surface area contributed by atoms with E-state index in [0.29, 0.717) is 11.5 Å². The minimum Gasteiger partial charge on any atom is -0.381 e. The quantitative estimate of drug-likeness (QED) is 0.707. The van der Waals surface area contributed by atoms with Gasteiger partial charge in [-0.3, -0.25) is 14.7 Å². The van der Waals surface area contributed by atoms with Crippen molar-refractivity contribution in [3.63, 3.8) is 0 Å². The second kappa shape index (κ2) is 7.18. The Labute approximate surface area is 168 Å². The maximum absolute atomic E-state index is 13.6. The monoisotopic (exact) mass is 400 g/mol. The highest BCUT2D eigenvalue weighted by molar-refractivity contribution is 6.11. The fourth-order valence-corrected chi connectivity index (χ4v) is 4.19. The van der Waals surface area contributed by atoms with Crippen molar-refractivity contribution in [1.82, 2.24) is 19.7 Å². The lowest BCUT2D eigenvalue weighted by atomic mass is 10.2. The minimum absolute atomic E-state index is 0.0857. The summed E-state index contributed by atoms with van der Waals surface area (Å²) in [6.45, 7) is 4.09. The molecule has 1 saturated heterocycles. The van der Waals surface area contributed by atoms with E-state index in [9.17, 15) is 9.18 Å². The average molecular weight is 400 g/mol. The Balaban J connectivity index is 1.34. The first-order valence-corrected chi connectivity index (χ1v) is 10.1. The van der Waals surface area contributed by atoms with Gasteiger partial charge in [0.1, 0.15) is 17.6 Å². The van der Waals surface area contributed by atoms with Crippen LogP contribution >= 0.6 is 0 Å². The molecule has 4 N–H and O–H groups in total. The molecule has 1 saturated carbocycles. The average Bonchev–Trinajstić information content (AvgIpc) is 3.51. The summed E-state index contributed by atoms with van der Waals surface area (Å²) in [5.74, 6) is 0.166. The Morgan fingerprint density at radius 1 is 1.28 bits per heavy atom. The Morgan fingerprint density at radius 3 is 2.83 bits per heavy atom. The van der Waals surface area contributed by atoms with Crippen LogP contribution in [0.3, 0.4) is 0 Å². The minimum atomic E-state index is -1.06. The number of nitrogens with one attached hydrogen (secondary N) is 2. The van der Waals surface area contributed by atoms with E-state index in [1.807, 2.05) is 6.07 Å². The van der Waals surface area contributed by atoms with Gasteiger partial charge in [-0.1, -0.05) is 0 Å². The van der Waals surface area contributed by atoms with Crippen molar-refractivity contribution in [2.45, 2.75) is 31.6 Å². The van der Waals surface area contributed by atoms with Crippen LogP contribution in [0.5, 0.6) is 0 Å². The number of aromatic nitrogens is 3. The number of carbonyl (C=O) groups is 1. The molecule has 0 radical (unpaired) electrons. The molecule has 10 heteroatoms. The van der Waals surface area contributed by atoms with E-state index in [-0.39, 0.29) is 30.4 Å². The van der Waals surface area contributed by atoms with Crippen LogP contribution in [0, 0.1) is 0 Å². The molecule has 154 valence electrons. The molecule has 0 spiro atoms. The molecule has 5 rings (SSSR count). The van der Waals surface area contributed by atoms with E-state index in [2.05, 4.69) is 30.5 Å². The van der Waals surface area contributed by atoms with Crippen molar-refractivity contribution < 1.29 is 9.18 Å². The normalized spacial score (nSPS) is 22.1. The number of piperazine rings is 1. The molecule has 2 fully saturated rings. The van der Waals surface area contributed by atoms with Gasteiger partial charge in [0.05, 0.1) is 24.1 Å². The number of carbonyl (C=O) groups excluding carboxylic acids is 1. The van der Waals surface area contributed by atoms with Gasteiger partial charge in [-0.25, -0.2) is 9.07 Å². The first-order chi connectivity index (χ1) is 14.1. The molecule has 1 amide bonds. The number of rotatable bonds is 4. The standard InChI is InChI=1S/C19H25FN8O/c20-12-9-23-18-16(17(21)25-28(18)11-12)19(29)24-14-10-22-4-3-15(14)27-7-5-26(6-8-27)13-1-2-13/h3-4,10,12-13,23H,1-2,5-9,11H2,(H2,21,25)(H,24,29). The molecule has 1 unspecified atom stereocenters. The number of fused-ring (bicyclic) bond motifs is 1. The fraction of sp³-hybridized carbons (Fsp3) is 0.526. The third kappa shape index (κ3) is 3.48. The number of alkyl halides is 1. The highest BCUT2D eigenvalue weighted by Gasteiger charge is 2.32. The summed E-state index contributed by atoms with van der Waals surface area (Å²) in [6.07, 6.45) is 4.95. The molecule has 9 nitrogen and oxygen atoms in total. The Bertz CT molecular complexity index is 919. The van der Waals surface area contributed by atoms with Crippen molar-refractivity contribution >= 4 is 28.9 Å². The van der Waals surface area contributed by atoms with Crippen molar-refractivity contribution in [1.29, 1.82) is 0 Å². The van der Waals surface area contributed by atoms with Crippen LogP contribution in [0.15, 0.2) is 18.5 Å². The number of nitrogen functional groups attached to an aromatic ring is 1. The van der Waals surface area contributed by atoms with Gasteiger partial charge < -0.3 is 21.3 Å². The van der Waals surface area contributed by atoms with Gasteiger partial charge in [-0.05, 0) is 18.9 Å². The van der Waals surface area contributed by atoms with Crippen molar-refractivity contribution in [2.75, 3.05) is 54.0 Å². The molecule has 2 aromatic heterocycles. The number of hydrogen-bond acceptors (Lipinski definition) is 7. The highest BCUT2D eigenvalue weighted by atomic mass is 19.1. The highest BCUT2D eigenvalue weighted by Crippen LogP contribution is 2.32. The number of anilines is 4. The molecular formula is C19H25FN8O. The Morgan fingerprint density at radius 2 is 2.07 bits per heavy atom. The summed E-state index contributed by atoms with van der Waals surface area (Å²) in [6, 6.07) is 2.69. The second-order valence-corrected chi connectivity index (χ2v) is 7.87. The van der Waals surface area contributed by atoms with Gasteiger partial charge in [0.2, 0.25) is 0 Å². The smallest absolute Gasteiger partial charge is 0.263 e. The summed E-state index contributed by atoms with van der Waals surface area (Å²) in [5.41, 5.74) is 7.79. The molecule has 2 aromatic rings. The lowest BCUT2D eigenvalue weighted by Gasteiger charge is -2.36. The number of pyridine rings is 1. The zero-order valence-corrected chi connectivity index (χ0v) is 16.1. The van der Waals surface area contributed by atoms with E-state index in [4.69, 9.17) is 5.73 Å². The Kier molecular flexibility index (Phi) is 4.50. The molecule has 3 aliphatic rings. The molecule has 0 bridgehead atoms. The zero-order valence-electron chi connectivity index (χ0n) is 16.1. The van der Waals surface area contributed by atoms with E-state index in [1.54, 1.807) is 12.4 Å². The van der Waals surface area contributed by atoms with Gasteiger partial charge in [0.15, 0.2) is 5.82 Å². The third-order valence-electron chi connectivity index (χ3n) is 5.83. The summed E-state index contributed by atoms with van der Waals surface area (Å²) >= 11 is 0. The van der Waals surface area contributed by atoms with Crippen LogP contribution in [0.4, 0.5) is 27.4 Å². The number of amides is 1. The van der Waals surface area contributed by atoms with Crippen LogP contribution in [-0.2, 0) is 6.54 Å². The van der Waals surface area contributed by atoms with E-state index < -0.39 is 6.17 Å². The summed E-state index contributed by atoms with van der Waals surface area (Å²) in [5, 5.41) is 9.96. The van der Waals surface area contributed by atoms with Gasteiger partial charge >= 0.3 is 0 Å². The first-order valence-electron chi connectivity index (χ1n) is 10.1. The number of hydrogen-bond donors (Lipinski definition) is 3. The van der Waals surface area contributed by atoms with E-state index in [0.717, 1.165) is 37.9 Å². The van der Waals surface area contributed by atoms with Gasteiger partial charge in [-0.15, -0.1) is 0 Å². The van der Waals surface area contributed by atoms with Gasteiger partial charge in [0.25, 0.3) is 5.91 Å². The van der Waals surface area contributed by atoms with Gasteiger partial charge in [-0.2, -0.15) is 5.10 Å². The van der Waals surface area contributed by atoms with Crippen molar-refractivity contribution in [3.05, 3.63) is 24.0 Å². The number of halogens is 1. The predicted octanol–water partition coefficient (Wildman–Crippen LogP) is 1.16. The fourth-order valence-electron chi connectivity index (χ4n) is 4.19. The van der Waals surface area contributed by atoms with Crippen molar-refractivity contribution in [3.8, 4) is 0 Å². The summed E-state index contributed by atoms with van der Waals surface area (Å²) in [4.78, 5) is 22.0. The van der Waals surface area contributed by atoms with Crippen LogP contribution in [0.1, 0.15) is 23.2 Å². The van der Waals surface area contributed by atoms with Crippen LogP contribution < -0.4 is 21.3 Å². The van der Waals surface area contributed by atoms with Gasteiger partial charge in [0, 0.05) is 45.0 Å². The molecule has 4 heterocycles. The SMILES string of the molecule is Nc1nn2c(c1C(=O)Nc1cnccc1N1CCN(C3CC3)CC1)NCC(F)C2. The lowest BCUT2D eigenvalue weighted by Crippen LogP contribution is -2.47. The van der Waals surface area contributed by atoms with E-state index >= 15 is 0 Å². The van der Waals surface area contributed by atoms with Crippen LogP contribution in [0.25, 0.3) is 0 Å². The third-order valence-corrected chi connectivity index (χ3v) is 5.83. The molecule has 29 heavy (non-hydrogen) atoms. The van der Waals surface area contributed by atoms with Crippen LogP contribution in [0.2, 0.25) is 0 Å². The second-order valence-electron chi connectivity index (χ2n) is 7.87. The molecule has 1 atom stereocenters. The topological polar surface area (TPSA) is 104 Å². The largest absolute Gasteiger partial charge is 0.381 e. The predicted molar refractivity (Wildman–Crippen MR) is 109 cm³/mol. The summed E-state index contributed by atoms with van der Waals surface area (Å²) in [7, 11) is 0. The first kappa shape index (κ1) is 18.2. The maximum atomic E-state index is 13.6. The van der Waals surface area contributed by atoms with E-state index in [1.165, 1.54) is 17.5 Å². The molecule has 0 aromatic carbocycles. The lowest BCUT2D eigenvalue weighted by molar-refractivity contribution is 0.102. The molecular weight excluding hydrogens is 375 g/mol. The zero-order chi connectivity index (χ0) is 20.0. The Hall–Kier alpha value is -2.88. The maximum Gasteiger partial charge on any atom is 0.263 e. The molecule has 2 aliphatic heterocycles.